The molecule has 0 aliphatic carbocycles. The lowest BCUT2D eigenvalue weighted by Gasteiger charge is -2.09. The Hall–Kier alpha value is -2.46. The Bertz CT molecular complexity index is 856. The molecule has 22 heavy (non-hydrogen) atoms. The molecule has 1 heterocycles. The highest BCUT2D eigenvalue weighted by Gasteiger charge is 2.07. The Morgan fingerprint density at radius 2 is 1.91 bits per heavy atom. The summed E-state index contributed by atoms with van der Waals surface area (Å²) in [5.41, 5.74) is 1.93. The fraction of sp³-hybridized carbons (Fsp3) is 0.118. The summed E-state index contributed by atoms with van der Waals surface area (Å²) in [5.74, 6) is 0.651. The third-order valence-corrected chi connectivity index (χ3v) is 3.62. The molecule has 4 nitrogen and oxygen atoms in total. The predicted molar refractivity (Wildman–Crippen MR) is 87.8 cm³/mol. The van der Waals surface area contributed by atoms with Crippen molar-refractivity contribution < 1.29 is 9.15 Å². The minimum atomic E-state index is -0.381. The standard InChI is InChI=1S/C17H14ClNO3/c1-21-14-6-7-15-11(8-17(20)22-16(15)9-14)10-19-13-4-2-12(18)3-5-13/h2-9,19H,10H2,1H3. The minimum absolute atomic E-state index is 0.381. The first kappa shape index (κ1) is 14.5. The second-order valence-corrected chi connectivity index (χ2v) is 5.25. The number of hydrogen-bond donors (Lipinski definition) is 1. The van der Waals surface area contributed by atoms with Crippen molar-refractivity contribution in [1.82, 2.24) is 0 Å². The quantitative estimate of drug-likeness (QED) is 0.737. The van der Waals surface area contributed by atoms with Crippen LogP contribution in [0.25, 0.3) is 11.0 Å². The lowest BCUT2D eigenvalue weighted by Crippen LogP contribution is -2.05. The van der Waals surface area contributed by atoms with Gasteiger partial charge in [0.05, 0.1) is 7.11 Å². The molecule has 0 saturated heterocycles. The van der Waals surface area contributed by atoms with Crippen molar-refractivity contribution in [3.8, 4) is 5.75 Å². The van der Waals surface area contributed by atoms with Crippen LogP contribution in [0.4, 0.5) is 5.69 Å². The Kier molecular flexibility index (Phi) is 4.02. The molecular weight excluding hydrogens is 302 g/mol. The van der Waals surface area contributed by atoms with Gasteiger partial charge in [-0.05, 0) is 42.0 Å². The van der Waals surface area contributed by atoms with Crippen LogP contribution in [0, 0.1) is 0 Å². The molecule has 0 saturated carbocycles. The monoisotopic (exact) mass is 315 g/mol. The van der Waals surface area contributed by atoms with E-state index in [2.05, 4.69) is 5.32 Å². The van der Waals surface area contributed by atoms with Crippen molar-refractivity contribution in [2.24, 2.45) is 0 Å². The van der Waals surface area contributed by atoms with Crippen LogP contribution < -0.4 is 15.7 Å². The number of methoxy groups -OCH3 is 1. The maximum atomic E-state index is 11.7. The van der Waals surface area contributed by atoms with Gasteiger partial charge < -0.3 is 14.5 Å². The van der Waals surface area contributed by atoms with Crippen LogP contribution in [0.5, 0.6) is 5.75 Å². The number of halogens is 1. The van der Waals surface area contributed by atoms with Gasteiger partial charge in [-0.3, -0.25) is 0 Å². The van der Waals surface area contributed by atoms with E-state index in [1.807, 2.05) is 36.4 Å². The molecule has 0 aliphatic rings. The largest absolute Gasteiger partial charge is 0.497 e. The van der Waals surface area contributed by atoms with Gasteiger partial charge in [0, 0.05) is 34.8 Å². The summed E-state index contributed by atoms with van der Waals surface area (Å²) in [6.07, 6.45) is 0. The van der Waals surface area contributed by atoms with Gasteiger partial charge in [0.25, 0.3) is 0 Å². The normalized spacial score (nSPS) is 10.6. The van der Waals surface area contributed by atoms with Gasteiger partial charge >= 0.3 is 5.63 Å². The minimum Gasteiger partial charge on any atom is -0.497 e. The maximum absolute atomic E-state index is 11.7. The van der Waals surface area contributed by atoms with Crippen LogP contribution >= 0.6 is 11.6 Å². The van der Waals surface area contributed by atoms with Crippen molar-refractivity contribution in [2.45, 2.75) is 6.54 Å². The number of rotatable bonds is 4. The van der Waals surface area contributed by atoms with E-state index in [-0.39, 0.29) is 5.63 Å². The third kappa shape index (κ3) is 3.07. The topological polar surface area (TPSA) is 51.5 Å². The van der Waals surface area contributed by atoms with Crippen molar-refractivity contribution in [3.63, 3.8) is 0 Å². The lowest BCUT2D eigenvalue weighted by molar-refractivity contribution is 0.414. The molecule has 0 amide bonds. The van der Waals surface area contributed by atoms with Crippen molar-refractivity contribution in [2.75, 3.05) is 12.4 Å². The zero-order valence-corrected chi connectivity index (χ0v) is 12.7. The van der Waals surface area contributed by atoms with Crippen LogP contribution in [0.15, 0.2) is 57.7 Å². The number of nitrogens with one attached hydrogen (secondary N) is 1. The highest BCUT2D eigenvalue weighted by atomic mass is 35.5. The molecule has 2 aromatic carbocycles. The number of anilines is 1. The van der Waals surface area contributed by atoms with Gasteiger partial charge in [0.1, 0.15) is 11.3 Å². The summed E-state index contributed by atoms with van der Waals surface area (Å²) < 4.78 is 10.4. The average Bonchev–Trinajstić information content (AvgIpc) is 2.53. The van der Waals surface area contributed by atoms with Gasteiger partial charge in [-0.15, -0.1) is 0 Å². The summed E-state index contributed by atoms with van der Waals surface area (Å²) in [7, 11) is 1.57. The van der Waals surface area contributed by atoms with Crippen molar-refractivity contribution >= 4 is 28.3 Å². The second-order valence-electron chi connectivity index (χ2n) is 4.81. The molecule has 3 rings (SSSR count). The van der Waals surface area contributed by atoms with Crippen LogP contribution in [0.1, 0.15) is 5.56 Å². The highest BCUT2D eigenvalue weighted by Crippen LogP contribution is 2.23. The molecule has 0 unspecified atom stereocenters. The molecule has 0 aliphatic heterocycles. The Morgan fingerprint density at radius 3 is 2.64 bits per heavy atom. The van der Waals surface area contributed by atoms with E-state index >= 15 is 0 Å². The first-order valence-corrected chi connectivity index (χ1v) is 7.14. The van der Waals surface area contributed by atoms with Gasteiger partial charge in [-0.1, -0.05) is 11.6 Å². The van der Waals surface area contributed by atoms with Crippen molar-refractivity contribution in [3.05, 3.63) is 69.5 Å². The molecule has 0 spiro atoms. The van der Waals surface area contributed by atoms with E-state index in [4.69, 9.17) is 20.8 Å². The molecular formula is C17H14ClNO3. The molecule has 112 valence electrons. The van der Waals surface area contributed by atoms with Gasteiger partial charge in [0.2, 0.25) is 0 Å². The fourth-order valence-electron chi connectivity index (χ4n) is 2.25. The van der Waals surface area contributed by atoms with E-state index in [0.717, 1.165) is 16.6 Å². The molecule has 0 radical (unpaired) electrons. The van der Waals surface area contributed by atoms with E-state index in [9.17, 15) is 4.79 Å². The first-order chi connectivity index (χ1) is 10.7. The Labute approximate surface area is 132 Å². The molecule has 3 aromatic rings. The molecule has 5 heteroatoms. The smallest absolute Gasteiger partial charge is 0.336 e. The highest BCUT2D eigenvalue weighted by molar-refractivity contribution is 6.30. The van der Waals surface area contributed by atoms with Gasteiger partial charge in [0.15, 0.2) is 0 Å². The summed E-state index contributed by atoms with van der Waals surface area (Å²) in [6.45, 7) is 0.510. The predicted octanol–water partition coefficient (Wildman–Crippen LogP) is 4.07. The van der Waals surface area contributed by atoms with E-state index in [1.165, 1.54) is 6.07 Å². The van der Waals surface area contributed by atoms with E-state index in [1.54, 1.807) is 13.2 Å². The first-order valence-electron chi connectivity index (χ1n) is 6.76. The van der Waals surface area contributed by atoms with E-state index in [0.29, 0.717) is 22.9 Å². The number of hydrogen-bond acceptors (Lipinski definition) is 4. The number of ether oxygens (including phenoxy) is 1. The Balaban J connectivity index is 1.92. The van der Waals surface area contributed by atoms with Crippen LogP contribution in [-0.4, -0.2) is 7.11 Å². The zero-order chi connectivity index (χ0) is 15.5. The molecule has 0 fully saturated rings. The number of benzene rings is 2. The third-order valence-electron chi connectivity index (χ3n) is 3.36. The fourth-order valence-corrected chi connectivity index (χ4v) is 2.37. The second kappa shape index (κ2) is 6.12. The summed E-state index contributed by atoms with van der Waals surface area (Å²) >= 11 is 5.86. The summed E-state index contributed by atoms with van der Waals surface area (Å²) in [6, 6.07) is 14.3. The van der Waals surface area contributed by atoms with Crippen LogP contribution in [0.2, 0.25) is 5.02 Å². The lowest BCUT2D eigenvalue weighted by atomic mass is 10.1. The van der Waals surface area contributed by atoms with Gasteiger partial charge in [-0.2, -0.15) is 0 Å². The molecule has 0 atom stereocenters. The zero-order valence-electron chi connectivity index (χ0n) is 11.9. The summed E-state index contributed by atoms with van der Waals surface area (Å²) in [4.78, 5) is 11.7. The number of fused-ring (bicyclic) bond motifs is 1. The van der Waals surface area contributed by atoms with Crippen molar-refractivity contribution in [1.29, 1.82) is 0 Å². The van der Waals surface area contributed by atoms with Gasteiger partial charge in [-0.25, -0.2) is 4.79 Å². The summed E-state index contributed by atoms with van der Waals surface area (Å²) in [5, 5.41) is 4.83. The van der Waals surface area contributed by atoms with E-state index < -0.39 is 0 Å². The van der Waals surface area contributed by atoms with Crippen LogP contribution in [-0.2, 0) is 6.54 Å². The Morgan fingerprint density at radius 1 is 1.14 bits per heavy atom. The average molecular weight is 316 g/mol. The maximum Gasteiger partial charge on any atom is 0.336 e. The molecule has 1 N–H and O–H groups in total. The SMILES string of the molecule is COc1ccc2c(CNc3ccc(Cl)cc3)cc(=O)oc2c1. The van der Waals surface area contributed by atoms with Crippen LogP contribution in [0.3, 0.4) is 0 Å². The molecule has 0 bridgehead atoms. The molecule has 1 aromatic heterocycles.